The third-order valence-electron chi connectivity index (χ3n) is 35.0. The van der Waals surface area contributed by atoms with E-state index in [4.69, 9.17) is 104 Å². The number of aliphatic hydroxyl groups is 26. The van der Waals surface area contributed by atoms with E-state index in [1.165, 1.54) is 46.1 Å². The first kappa shape index (κ1) is 117. The maximum atomic E-state index is 15.5. The summed E-state index contributed by atoms with van der Waals surface area (Å²) in [6.07, 6.45) is -77.9. The number of ether oxygens (including phenoxy) is 22. The molecule has 850 valence electrons. The molecule has 0 bridgehead atoms. The predicted molar refractivity (Wildman–Crippen MR) is 490 cm³/mol. The second kappa shape index (κ2) is 46.4. The molecule has 14 fully saturated rings. The molecule has 0 amide bonds. The standard InChI is InChI=1S/C98H152O51/c1-35-54(105)62(113)69(120)82(133-35)130-32-47-58(109)64(115)71(122)87(140-47)147-79-61(112)44(28-99)136-91(81(79)143-53(104)17-13-38-12-15-43(128-11)41(102)26-38)145-77-46(30-101)138-86(74(125)67(77)118)139-49-34-132-84(68(119)60(49)111)146-78-56(107)37(3)135-89(75(78)126)148-80-57(108)42(103)31-129-90(80)142-52-19-20-95(8)50(94(52,6)7)18-21-97(10)51(95)16-14-39-40-27-93(4,5)22-24-98(40,25-23-96(39,97)9)92(127)149-88-72(123)65(116)59(110)48(141-88)33-131-83-73(124)66(117)76(45(29-100)137-83)144-85-70(121)63(114)55(106)36(2)134-85/h12-15,17,26,35-37,40,42,44-52,54-91,99-103,105-126H,16,18-25,27-34H2,1-11H3/b17-13+/t35-,36-,37-,40-,42-,44+,45+,46+,47+,48+,49+,50?,51+,52?,54-,55-,56-,57-,58+,59+,60+,61+,62+,63+,64-,65-,66+,67+,68+,69+,70+,71+,72+,73+,74+,75+,76+,77+,78+,79-,80+,81+,82+,83+,84-,85-,86-,87-,88-,89-,90-,91-,95-,96+,97+,98-/m0/s1. The van der Waals surface area contributed by atoms with Crippen LogP contribution < -0.4 is 4.74 Å². The minimum atomic E-state index is -2.27. The molecule has 16 rings (SSSR count). The van der Waals surface area contributed by atoms with Crippen LogP contribution in [0.4, 0.5) is 0 Å². The number of aromatic hydroxyl groups is 1. The Morgan fingerprint density at radius 1 is 0.403 bits per heavy atom. The van der Waals surface area contributed by atoms with E-state index >= 15 is 4.79 Å². The van der Waals surface area contributed by atoms with Crippen molar-refractivity contribution in [2.24, 2.45) is 50.2 Å². The summed E-state index contributed by atoms with van der Waals surface area (Å²) in [6, 6.07) is 4.02. The molecule has 10 aliphatic heterocycles. The Balaban J connectivity index is 0.546. The van der Waals surface area contributed by atoms with Gasteiger partial charge in [-0.2, -0.15) is 0 Å². The van der Waals surface area contributed by atoms with Crippen molar-refractivity contribution in [2.75, 3.05) is 53.4 Å². The van der Waals surface area contributed by atoms with Gasteiger partial charge >= 0.3 is 11.9 Å². The van der Waals surface area contributed by atoms with Gasteiger partial charge in [0.15, 0.2) is 74.2 Å². The highest BCUT2D eigenvalue weighted by Crippen LogP contribution is 2.76. The van der Waals surface area contributed by atoms with E-state index in [0.29, 0.717) is 51.4 Å². The summed E-state index contributed by atoms with van der Waals surface area (Å²) in [5.74, 6) is -2.51. The number of esters is 2. The van der Waals surface area contributed by atoms with Crippen LogP contribution in [-0.2, 0) is 109 Å². The Morgan fingerprint density at radius 2 is 0.886 bits per heavy atom. The zero-order valence-corrected chi connectivity index (χ0v) is 84.4. The monoisotopic (exact) mass is 2140 g/mol. The van der Waals surface area contributed by atoms with Crippen LogP contribution in [0.25, 0.3) is 6.08 Å². The summed E-state index contributed by atoms with van der Waals surface area (Å²) in [7, 11) is 1.30. The number of hydrogen-bond donors (Lipinski definition) is 27. The summed E-state index contributed by atoms with van der Waals surface area (Å²) in [6.45, 7) is 14.0. The first-order chi connectivity index (χ1) is 70.2. The lowest BCUT2D eigenvalue weighted by Gasteiger charge is -2.71. The maximum absolute atomic E-state index is 15.5. The van der Waals surface area contributed by atoms with Gasteiger partial charge in [-0.3, -0.25) is 4.79 Å². The number of benzene rings is 1. The number of fused-ring (bicyclic) bond motifs is 7. The molecule has 1 aromatic rings. The van der Waals surface area contributed by atoms with Gasteiger partial charge in [0.1, 0.15) is 208 Å². The Labute approximate surface area is 857 Å². The molecule has 149 heavy (non-hydrogen) atoms. The smallest absolute Gasteiger partial charge is 0.331 e. The van der Waals surface area contributed by atoms with E-state index in [0.717, 1.165) is 30.6 Å². The van der Waals surface area contributed by atoms with Crippen LogP contribution >= 0.6 is 0 Å². The molecule has 56 atom stereocenters. The van der Waals surface area contributed by atoms with Gasteiger partial charge in [0.25, 0.3) is 0 Å². The Hall–Kier alpha value is -4.56. The fourth-order valence-corrected chi connectivity index (χ4v) is 25.7. The second-order valence-electron chi connectivity index (χ2n) is 44.9. The molecule has 10 saturated heterocycles. The molecule has 15 aliphatic rings. The average molecular weight is 2150 g/mol. The summed E-state index contributed by atoms with van der Waals surface area (Å²) < 4.78 is 131. The number of methoxy groups -OCH3 is 1. The molecule has 0 spiro atoms. The summed E-state index contributed by atoms with van der Waals surface area (Å²) >= 11 is 0. The van der Waals surface area contributed by atoms with Crippen LogP contribution in [0.5, 0.6) is 11.5 Å². The van der Waals surface area contributed by atoms with Crippen molar-refractivity contribution >= 4 is 18.0 Å². The van der Waals surface area contributed by atoms with Crippen LogP contribution in [-0.4, -0.2) is 504 Å². The lowest BCUT2D eigenvalue weighted by atomic mass is 9.33. The topological polar surface area (TPSA) is 783 Å². The summed E-state index contributed by atoms with van der Waals surface area (Å²) in [4.78, 5) is 29.5. The largest absolute Gasteiger partial charge is 0.504 e. The van der Waals surface area contributed by atoms with E-state index < -0.39 is 375 Å². The molecule has 0 radical (unpaired) electrons. The number of aliphatic hydroxyl groups excluding tert-OH is 26. The molecular formula is C98H152O51. The van der Waals surface area contributed by atoms with Crippen LogP contribution in [0.2, 0.25) is 0 Å². The maximum Gasteiger partial charge on any atom is 0.331 e. The van der Waals surface area contributed by atoms with E-state index in [9.17, 15) is 143 Å². The third-order valence-corrected chi connectivity index (χ3v) is 35.0. The first-order valence-electron chi connectivity index (χ1n) is 51.2. The third kappa shape index (κ3) is 22.3. The van der Waals surface area contributed by atoms with Crippen molar-refractivity contribution < 1.29 is 252 Å². The fraction of sp³-hybridized carbons (Fsp3) is 0.878. The van der Waals surface area contributed by atoms with E-state index in [1.54, 1.807) is 0 Å². The molecule has 0 aromatic heterocycles. The molecule has 51 nitrogen and oxygen atoms in total. The summed E-state index contributed by atoms with van der Waals surface area (Å²) in [5, 5.41) is 302. The van der Waals surface area contributed by atoms with Gasteiger partial charge in [0.2, 0.25) is 6.29 Å². The van der Waals surface area contributed by atoms with Crippen molar-refractivity contribution in [1.82, 2.24) is 0 Å². The van der Waals surface area contributed by atoms with E-state index in [1.807, 2.05) is 0 Å². The average Bonchev–Trinajstić information content (AvgIpc) is 0.671. The lowest BCUT2D eigenvalue weighted by Crippen LogP contribution is -2.68. The van der Waals surface area contributed by atoms with Crippen molar-refractivity contribution in [3.05, 3.63) is 41.5 Å². The number of rotatable bonds is 29. The highest BCUT2D eigenvalue weighted by molar-refractivity contribution is 5.87. The summed E-state index contributed by atoms with van der Waals surface area (Å²) in [5.41, 5.74) is -1.87. The number of hydrogen-bond acceptors (Lipinski definition) is 51. The van der Waals surface area contributed by atoms with E-state index in [-0.39, 0.29) is 51.1 Å². The molecule has 1 aromatic carbocycles. The van der Waals surface area contributed by atoms with Crippen LogP contribution in [0, 0.1) is 50.2 Å². The second-order valence-corrected chi connectivity index (χ2v) is 44.9. The number of carbonyl (C=O) groups is 2. The minimum absolute atomic E-state index is 0.00845. The van der Waals surface area contributed by atoms with Crippen molar-refractivity contribution in [3.8, 4) is 11.5 Å². The van der Waals surface area contributed by atoms with E-state index in [2.05, 4.69) is 54.5 Å². The molecule has 2 unspecified atom stereocenters. The number of allylic oxidation sites excluding steroid dienone is 2. The first-order valence-corrected chi connectivity index (χ1v) is 51.2. The van der Waals surface area contributed by atoms with Gasteiger partial charge < -0.3 is 242 Å². The lowest BCUT2D eigenvalue weighted by molar-refractivity contribution is -0.391. The molecular weight excluding hydrogens is 1990 g/mol. The Kier molecular flexibility index (Phi) is 36.4. The molecule has 27 N–H and O–H groups in total. The predicted octanol–water partition coefficient (Wildman–Crippen LogP) is -8.75. The van der Waals surface area contributed by atoms with Gasteiger partial charge in [0.05, 0.1) is 83.2 Å². The Morgan fingerprint density at radius 3 is 1.50 bits per heavy atom. The number of phenols is 1. The number of phenolic OH excluding ortho intramolecular Hbond substituents is 1. The Bertz CT molecular complexity index is 4660. The van der Waals surface area contributed by atoms with Crippen LogP contribution in [0.3, 0.4) is 0 Å². The van der Waals surface area contributed by atoms with Gasteiger partial charge in [-0.05, 0) is 154 Å². The normalized spacial score (nSPS) is 51.1. The van der Waals surface area contributed by atoms with Gasteiger partial charge in [0, 0.05) is 6.08 Å². The molecule has 51 heteroatoms. The van der Waals surface area contributed by atoms with Crippen LogP contribution in [0.15, 0.2) is 35.9 Å². The van der Waals surface area contributed by atoms with Crippen molar-refractivity contribution in [3.63, 3.8) is 0 Å². The minimum Gasteiger partial charge on any atom is -0.504 e. The molecule has 4 saturated carbocycles. The van der Waals surface area contributed by atoms with Gasteiger partial charge in [-0.25, -0.2) is 4.79 Å². The van der Waals surface area contributed by atoms with Gasteiger partial charge in [-0.1, -0.05) is 66.2 Å². The van der Waals surface area contributed by atoms with Crippen LogP contribution in [0.1, 0.15) is 139 Å². The van der Waals surface area contributed by atoms with Crippen molar-refractivity contribution in [1.29, 1.82) is 0 Å². The zero-order chi connectivity index (χ0) is 108. The molecule has 5 aliphatic carbocycles. The zero-order valence-electron chi connectivity index (χ0n) is 84.4. The highest BCUT2D eigenvalue weighted by Gasteiger charge is 2.72. The van der Waals surface area contributed by atoms with Gasteiger partial charge in [-0.15, -0.1) is 0 Å². The molecule has 10 heterocycles. The quantitative estimate of drug-likeness (QED) is 0.0153. The SMILES string of the molecule is COc1ccc(/C=C/C(=O)O[C@H]2[C@H](O[C@H]3[C@H](O)[C@@H](O)[C@H](O[C@@H]4CO[C@@H](O[C@@H]5[C@@H](O)[C@H](C)O[C@@H](O[C@H]6[C@H](OC7CC[C@@]8(C)C(CC[C@]9(C)[C@@H]8CC=C8[C@@H]%10CC(C)(C)CC[C@]%10(C(=O)O[C@@H]%10O[C@H](CO[C@@H]%11O[C@H](CO)[C@@H](O[C@@H]%12O[C@@H](C)[C@H](O)[C@@H](O)[C@H]%12O)[C@H](O)[C@H]%11O)[C@@H](O)[C@H](O)[C@H]%10O)CC[C@]89C)C7(C)C)OC[C@H](O)[C@@H]6O)[C@@H]5O)[C@H](O)[C@@H]4O)O[C@@H]3CO)O[C@H](CO)[C@@H](O)[C@@H]2O[C@@H]2O[C@H](CO[C@@H]3O[C@@H](C)[C@H](O)[C@@H](O)[C@H]3O)[C@@H](O)[C@H](O)[C@H]2O)cc1O. The van der Waals surface area contributed by atoms with Crippen molar-refractivity contribution in [2.45, 2.75) is 434 Å². The fourth-order valence-electron chi connectivity index (χ4n) is 25.7. The highest BCUT2D eigenvalue weighted by atomic mass is 16.8. The number of carbonyl (C=O) groups excluding carboxylic acids is 2.